The van der Waals surface area contributed by atoms with Crippen molar-refractivity contribution in [1.29, 1.82) is 0 Å². The van der Waals surface area contributed by atoms with Gasteiger partial charge in [-0.05, 0) is 13.8 Å². The van der Waals surface area contributed by atoms with Crippen LogP contribution in [0.15, 0.2) is 0 Å². The Bertz CT molecular complexity index is 217. The molecule has 0 saturated carbocycles. The van der Waals surface area contributed by atoms with Crippen molar-refractivity contribution >= 4 is 39.5 Å². The summed E-state index contributed by atoms with van der Waals surface area (Å²) in [4.78, 5) is 21.7. The van der Waals surface area contributed by atoms with Crippen molar-refractivity contribution in [3.05, 3.63) is 0 Å². The van der Waals surface area contributed by atoms with Crippen LogP contribution >= 0.6 is 27.5 Å². The fourth-order valence-corrected chi connectivity index (χ4v) is 1.01. The average molecular weight is 274 g/mol. The van der Waals surface area contributed by atoms with Crippen molar-refractivity contribution in [2.75, 3.05) is 6.61 Å². The number of carboxylic acids is 1. The highest BCUT2D eigenvalue weighted by atomic mass is 79.9. The predicted octanol–water partition coefficient (Wildman–Crippen LogP) is 1.40. The molecule has 0 saturated heterocycles. The highest BCUT2D eigenvalue weighted by Gasteiger charge is 2.43. The summed E-state index contributed by atoms with van der Waals surface area (Å²) in [6.45, 7) is 3.17. The lowest BCUT2D eigenvalue weighted by Crippen LogP contribution is -2.43. The lowest BCUT2D eigenvalue weighted by Gasteiger charge is -2.22. The first-order chi connectivity index (χ1) is 5.84. The minimum absolute atomic E-state index is 0.184. The van der Waals surface area contributed by atoms with Crippen LogP contribution < -0.4 is 0 Å². The molecule has 0 aromatic rings. The molecule has 0 bridgehead atoms. The van der Waals surface area contributed by atoms with E-state index in [4.69, 9.17) is 16.7 Å². The molecule has 0 aliphatic carbocycles. The lowest BCUT2D eigenvalue weighted by atomic mass is 10.1. The van der Waals surface area contributed by atoms with Gasteiger partial charge in [0.1, 0.15) is 4.32 Å². The molecule has 0 aromatic heterocycles. The van der Waals surface area contributed by atoms with E-state index in [2.05, 4.69) is 20.7 Å². The third-order valence-electron chi connectivity index (χ3n) is 1.37. The number of alkyl halides is 2. The topological polar surface area (TPSA) is 63.6 Å². The zero-order chi connectivity index (χ0) is 10.6. The summed E-state index contributed by atoms with van der Waals surface area (Å²) in [6, 6.07) is 0. The maximum atomic E-state index is 11.2. The summed E-state index contributed by atoms with van der Waals surface area (Å²) in [6.07, 6.45) is 0. The molecule has 6 heteroatoms. The number of halogens is 2. The maximum Gasteiger partial charge on any atom is 0.324 e. The molecule has 1 N–H and O–H groups in total. The Hall–Kier alpha value is -0.290. The predicted molar refractivity (Wildman–Crippen MR) is 51.2 cm³/mol. The molecule has 0 heterocycles. The monoisotopic (exact) mass is 272 g/mol. The fraction of sp³-hybridized carbons (Fsp3) is 0.714. The fourth-order valence-electron chi connectivity index (χ4n) is 0.608. The first-order valence-corrected chi connectivity index (χ1v) is 4.80. The minimum atomic E-state index is -1.39. The van der Waals surface area contributed by atoms with E-state index in [1.807, 2.05) is 0 Å². The third-order valence-corrected chi connectivity index (χ3v) is 3.04. The van der Waals surface area contributed by atoms with Crippen molar-refractivity contribution in [2.45, 2.75) is 23.5 Å². The van der Waals surface area contributed by atoms with E-state index in [1.165, 1.54) is 6.92 Å². The Balaban J connectivity index is 4.54. The number of carbonyl (C=O) groups is 2. The summed E-state index contributed by atoms with van der Waals surface area (Å²) in [5, 5.41) is 7.21. The van der Waals surface area contributed by atoms with Crippen LogP contribution in [0.5, 0.6) is 0 Å². The van der Waals surface area contributed by atoms with E-state index >= 15 is 0 Å². The van der Waals surface area contributed by atoms with Crippen LogP contribution in [0.2, 0.25) is 0 Å². The van der Waals surface area contributed by atoms with E-state index in [1.54, 1.807) is 6.92 Å². The number of rotatable bonds is 4. The number of carbonyl (C=O) groups excluding carboxylic acids is 1. The van der Waals surface area contributed by atoms with E-state index in [0.29, 0.717) is 0 Å². The van der Waals surface area contributed by atoms with Crippen LogP contribution in [-0.4, -0.2) is 33.4 Å². The van der Waals surface area contributed by atoms with E-state index in [0.717, 1.165) is 0 Å². The number of hydrogen-bond donors (Lipinski definition) is 1. The largest absolute Gasteiger partial charge is 0.480 e. The van der Waals surface area contributed by atoms with Gasteiger partial charge in [-0.15, -0.1) is 11.6 Å². The van der Waals surface area contributed by atoms with Gasteiger partial charge in [-0.25, -0.2) is 0 Å². The highest BCUT2D eigenvalue weighted by molar-refractivity contribution is 9.10. The molecule has 0 aliphatic heterocycles. The Morgan fingerprint density at radius 3 is 2.46 bits per heavy atom. The lowest BCUT2D eigenvalue weighted by molar-refractivity contribution is -0.149. The third kappa shape index (κ3) is 3.15. The first kappa shape index (κ1) is 12.7. The second-order valence-corrected chi connectivity index (χ2v) is 4.58. The summed E-state index contributed by atoms with van der Waals surface area (Å²) < 4.78 is 3.25. The van der Waals surface area contributed by atoms with Gasteiger partial charge in [0.05, 0.1) is 6.61 Å². The quantitative estimate of drug-likeness (QED) is 0.621. The SMILES string of the molecule is CCOC(=O)C(C)(Br)C(Cl)C(=O)O. The molecular weight excluding hydrogens is 263 g/mol. The smallest absolute Gasteiger partial charge is 0.324 e. The molecule has 0 spiro atoms. The highest BCUT2D eigenvalue weighted by Crippen LogP contribution is 2.28. The van der Waals surface area contributed by atoms with Crippen molar-refractivity contribution in [3.8, 4) is 0 Å². The summed E-state index contributed by atoms with van der Waals surface area (Å²) in [5.41, 5.74) is 0. The van der Waals surface area contributed by atoms with Gasteiger partial charge in [-0.2, -0.15) is 0 Å². The van der Waals surface area contributed by atoms with Gasteiger partial charge in [0.15, 0.2) is 5.38 Å². The summed E-state index contributed by atoms with van der Waals surface area (Å²) in [5.74, 6) is -1.95. The van der Waals surface area contributed by atoms with Gasteiger partial charge < -0.3 is 9.84 Å². The molecule has 13 heavy (non-hydrogen) atoms. The van der Waals surface area contributed by atoms with E-state index in [9.17, 15) is 9.59 Å². The first-order valence-electron chi connectivity index (χ1n) is 3.57. The van der Waals surface area contributed by atoms with Gasteiger partial charge in [-0.1, -0.05) is 15.9 Å². The van der Waals surface area contributed by atoms with Crippen LogP contribution in [0.4, 0.5) is 0 Å². The van der Waals surface area contributed by atoms with Crippen LogP contribution in [-0.2, 0) is 14.3 Å². The zero-order valence-electron chi connectivity index (χ0n) is 7.21. The molecule has 0 aliphatic rings. The van der Waals surface area contributed by atoms with Crippen molar-refractivity contribution in [1.82, 2.24) is 0 Å². The van der Waals surface area contributed by atoms with Crippen LogP contribution in [0.1, 0.15) is 13.8 Å². The Kier molecular flexibility index (Phi) is 4.70. The minimum Gasteiger partial charge on any atom is -0.480 e. The molecule has 2 atom stereocenters. The molecule has 0 rings (SSSR count). The van der Waals surface area contributed by atoms with Crippen LogP contribution in [0, 0.1) is 0 Å². The second-order valence-electron chi connectivity index (χ2n) is 2.50. The molecule has 0 amide bonds. The standard InChI is InChI=1S/C7H10BrClO4/c1-3-13-6(12)7(2,8)4(9)5(10)11/h4H,3H2,1-2H3,(H,10,11). The van der Waals surface area contributed by atoms with Crippen LogP contribution in [0.3, 0.4) is 0 Å². The Morgan fingerprint density at radius 1 is 1.69 bits per heavy atom. The number of aliphatic carboxylic acids is 1. The number of ether oxygens (including phenoxy) is 1. The van der Waals surface area contributed by atoms with Crippen molar-refractivity contribution < 1.29 is 19.4 Å². The Labute approximate surface area is 89.3 Å². The van der Waals surface area contributed by atoms with Crippen LogP contribution in [0.25, 0.3) is 0 Å². The normalized spacial score (nSPS) is 17.2. The van der Waals surface area contributed by atoms with E-state index in [-0.39, 0.29) is 6.61 Å². The van der Waals surface area contributed by atoms with Crippen molar-refractivity contribution in [2.24, 2.45) is 0 Å². The number of carboxylic acid groups (broad SMARTS) is 1. The van der Waals surface area contributed by atoms with Gasteiger partial charge in [0, 0.05) is 0 Å². The second kappa shape index (κ2) is 4.81. The van der Waals surface area contributed by atoms with E-state index < -0.39 is 21.6 Å². The van der Waals surface area contributed by atoms with Crippen molar-refractivity contribution in [3.63, 3.8) is 0 Å². The van der Waals surface area contributed by atoms with Gasteiger partial charge in [0.2, 0.25) is 0 Å². The zero-order valence-corrected chi connectivity index (χ0v) is 9.55. The molecular formula is C7H10BrClO4. The molecule has 0 aromatic carbocycles. The molecule has 0 fully saturated rings. The molecule has 0 radical (unpaired) electrons. The van der Waals surface area contributed by atoms with Gasteiger partial charge in [0.25, 0.3) is 0 Å². The van der Waals surface area contributed by atoms with Gasteiger partial charge in [-0.3, -0.25) is 9.59 Å². The summed E-state index contributed by atoms with van der Waals surface area (Å²) in [7, 11) is 0. The summed E-state index contributed by atoms with van der Waals surface area (Å²) >= 11 is 8.42. The van der Waals surface area contributed by atoms with Gasteiger partial charge >= 0.3 is 11.9 Å². The molecule has 76 valence electrons. The Morgan fingerprint density at radius 2 is 2.15 bits per heavy atom. The number of hydrogen-bond acceptors (Lipinski definition) is 3. The molecule has 2 unspecified atom stereocenters. The average Bonchev–Trinajstić information content (AvgIpc) is 2.03. The maximum absolute atomic E-state index is 11.2. The molecule has 4 nitrogen and oxygen atoms in total. The number of esters is 1.